The fraction of sp³-hybridized carbons (Fsp3) is 0.538. The van der Waals surface area contributed by atoms with Crippen LogP contribution in [0.4, 0.5) is 5.69 Å². The van der Waals surface area contributed by atoms with Gasteiger partial charge in [0, 0.05) is 6.20 Å². The van der Waals surface area contributed by atoms with Crippen molar-refractivity contribution >= 4 is 11.7 Å². The summed E-state index contributed by atoms with van der Waals surface area (Å²) in [5.74, 6) is -0.419. The number of hydrogen-bond acceptors (Lipinski definition) is 4. The third kappa shape index (κ3) is 3.35. The number of carbonyl (C=O) groups is 1. The van der Waals surface area contributed by atoms with Crippen LogP contribution in [0.25, 0.3) is 0 Å². The molecule has 2 N–H and O–H groups in total. The van der Waals surface area contributed by atoms with Crippen LogP contribution in [-0.2, 0) is 9.53 Å². The highest BCUT2D eigenvalue weighted by atomic mass is 16.6. The lowest BCUT2D eigenvalue weighted by Gasteiger charge is -2.24. The standard InChI is InChI=1S/C13H20N2O3/c1-5-10(12(17)18-13(2,3)4)15-8-6-7-9(14)11(15)16/h6-8,10H,5,14H2,1-4H3. The van der Waals surface area contributed by atoms with E-state index in [1.54, 1.807) is 33.0 Å². The molecule has 0 saturated heterocycles. The van der Waals surface area contributed by atoms with Gasteiger partial charge < -0.3 is 10.5 Å². The Morgan fingerprint density at radius 3 is 2.61 bits per heavy atom. The number of hydrogen-bond donors (Lipinski definition) is 1. The minimum atomic E-state index is -0.639. The molecule has 18 heavy (non-hydrogen) atoms. The summed E-state index contributed by atoms with van der Waals surface area (Å²) in [6, 6.07) is 2.52. The average Bonchev–Trinajstić information content (AvgIpc) is 2.22. The number of esters is 1. The number of nitrogens with zero attached hydrogens (tertiary/aromatic N) is 1. The average molecular weight is 252 g/mol. The van der Waals surface area contributed by atoms with E-state index in [2.05, 4.69) is 0 Å². The maximum absolute atomic E-state index is 12.0. The second-order valence-corrected chi connectivity index (χ2v) is 5.13. The summed E-state index contributed by atoms with van der Waals surface area (Å²) >= 11 is 0. The first kappa shape index (κ1) is 14.3. The molecule has 0 aliphatic carbocycles. The Hall–Kier alpha value is -1.78. The summed E-state index contributed by atoms with van der Waals surface area (Å²) in [6.07, 6.45) is 2.02. The van der Waals surface area contributed by atoms with Crippen LogP contribution in [0.1, 0.15) is 40.2 Å². The summed E-state index contributed by atoms with van der Waals surface area (Å²) in [4.78, 5) is 23.9. The predicted molar refractivity (Wildman–Crippen MR) is 70.3 cm³/mol. The van der Waals surface area contributed by atoms with Gasteiger partial charge in [0.25, 0.3) is 5.56 Å². The minimum Gasteiger partial charge on any atom is -0.458 e. The smallest absolute Gasteiger partial charge is 0.329 e. The van der Waals surface area contributed by atoms with Crippen LogP contribution < -0.4 is 11.3 Å². The molecule has 0 aliphatic rings. The van der Waals surface area contributed by atoms with Crippen LogP contribution in [0.2, 0.25) is 0 Å². The van der Waals surface area contributed by atoms with Crippen molar-refractivity contribution in [3.63, 3.8) is 0 Å². The number of aromatic nitrogens is 1. The number of rotatable bonds is 3. The highest BCUT2D eigenvalue weighted by molar-refractivity contribution is 5.74. The van der Waals surface area contributed by atoms with E-state index < -0.39 is 17.6 Å². The van der Waals surface area contributed by atoms with Gasteiger partial charge >= 0.3 is 5.97 Å². The number of nitrogens with two attached hydrogens (primary N) is 1. The molecule has 0 saturated carbocycles. The zero-order chi connectivity index (χ0) is 13.9. The van der Waals surface area contributed by atoms with E-state index in [1.165, 1.54) is 10.6 Å². The topological polar surface area (TPSA) is 74.3 Å². The Morgan fingerprint density at radius 1 is 1.50 bits per heavy atom. The van der Waals surface area contributed by atoms with Crippen molar-refractivity contribution in [2.24, 2.45) is 0 Å². The number of ether oxygens (including phenoxy) is 1. The molecule has 1 heterocycles. The molecule has 0 radical (unpaired) electrons. The molecular weight excluding hydrogens is 232 g/mol. The van der Waals surface area contributed by atoms with Crippen molar-refractivity contribution in [1.29, 1.82) is 0 Å². The van der Waals surface area contributed by atoms with Gasteiger partial charge in [0.15, 0.2) is 0 Å². The van der Waals surface area contributed by atoms with Crippen molar-refractivity contribution < 1.29 is 9.53 Å². The van der Waals surface area contributed by atoms with Crippen molar-refractivity contribution in [3.05, 3.63) is 28.7 Å². The van der Waals surface area contributed by atoms with Crippen LogP contribution in [0, 0.1) is 0 Å². The van der Waals surface area contributed by atoms with Crippen LogP contribution >= 0.6 is 0 Å². The fourth-order valence-electron chi connectivity index (χ4n) is 1.62. The number of anilines is 1. The number of nitrogen functional groups attached to an aromatic ring is 1. The molecule has 1 rings (SSSR count). The Morgan fingerprint density at radius 2 is 2.11 bits per heavy atom. The van der Waals surface area contributed by atoms with Gasteiger partial charge in [0.05, 0.1) is 5.69 Å². The van der Waals surface area contributed by atoms with Gasteiger partial charge in [-0.1, -0.05) is 6.92 Å². The summed E-state index contributed by atoms with van der Waals surface area (Å²) < 4.78 is 6.62. The first-order valence-corrected chi connectivity index (χ1v) is 5.95. The highest BCUT2D eigenvalue weighted by Gasteiger charge is 2.25. The second-order valence-electron chi connectivity index (χ2n) is 5.13. The number of pyridine rings is 1. The van der Waals surface area contributed by atoms with Crippen molar-refractivity contribution in [2.45, 2.75) is 45.8 Å². The SMILES string of the molecule is CCC(C(=O)OC(C)(C)C)n1cccc(N)c1=O. The van der Waals surface area contributed by atoms with Crippen LogP contribution in [0.5, 0.6) is 0 Å². The maximum atomic E-state index is 12.0. The number of carbonyl (C=O) groups excluding carboxylic acids is 1. The van der Waals surface area contributed by atoms with Gasteiger partial charge in [-0.3, -0.25) is 9.36 Å². The molecule has 0 bridgehead atoms. The van der Waals surface area contributed by atoms with E-state index in [0.29, 0.717) is 6.42 Å². The molecule has 0 spiro atoms. The predicted octanol–water partition coefficient (Wildman–Crippen LogP) is 1.72. The fourth-order valence-corrected chi connectivity index (χ4v) is 1.62. The molecule has 1 unspecified atom stereocenters. The summed E-state index contributed by atoms with van der Waals surface area (Å²) in [6.45, 7) is 7.20. The van der Waals surface area contributed by atoms with Crippen molar-refractivity contribution in [2.75, 3.05) is 5.73 Å². The summed E-state index contributed by atoms with van der Waals surface area (Å²) in [7, 11) is 0. The molecule has 5 nitrogen and oxygen atoms in total. The zero-order valence-corrected chi connectivity index (χ0v) is 11.3. The highest BCUT2D eigenvalue weighted by Crippen LogP contribution is 2.17. The maximum Gasteiger partial charge on any atom is 0.329 e. The molecule has 0 amide bonds. The normalized spacial score (nSPS) is 13.1. The van der Waals surface area contributed by atoms with E-state index in [0.717, 1.165) is 0 Å². The minimum absolute atomic E-state index is 0.125. The lowest BCUT2D eigenvalue weighted by molar-refractivity contribution is -0.159. The third-order valence-electron chi connectivity index (χ3n) is 2.41. The quantitative estimate of drug-likeness (QED) is 0.831. The first-order valence-electron chi connectivity index (χ1n) is 5.95. The van der Waals surface area contributed by atoms with Crippen molar-refractivity contribution in [1.82, 2.24) is 4.57 Å². The zero-order valence-electron chi connectivity index (χ0n) is 11.3. The molecule has 0 fully saturated rings. The molecular formula is C13H20N2O3. The first-order chi connectivity index (χ1) is 8.26. The third-order valence-corrected chi connectivity index (χ3v) is 2.41. The molecule has 1 atom stereocenters. The lowest BCUT2D eigenvalue weighted by Crippen LogP contribution is -2.35. The van der Waals surface area contributed by atoms with Gasteiger partial charge in [0.1, 0.15) is 11.6 Å². The van der Waals surface area contributed by atoms with Gasteiger partial charge in [-0.2, -0.15) is 0 Å². The van der Waals surface area contributed by atoms with Gasteiger partial charge in [-0.25, -0.2) is 4.79 Å². The van der Waals surface area contributed by atoms with E-state index in [1.807, 2.05) is 6.92 Å². The van der Waals surface area contributed by atoms with Gasteiger partial charge in [0.2, 0.25) is 0 Å². The Labute approximate surface area is 107 Å². The van der Waals surface area contributed by atoms with Crippen LogP contribution in [0.3, 0.4) is 0 Å². The van der Waals surface area contributed by atoms with Crippen LogP contribution in [0.15, 0.2) is 23.1 Å². The molecule has 5 heteroatoms. The van der Waals surface area contributed by atoms with Gasteiger partial charge in [-0.15, -0.1) is 0 Å². The second kappa shape index (κ2) is 5.25. The summed E-state index contributed by atoms with van der Waals surface area (Å²) in [5, 5.41) is 0. The Balaban J connectivity index is 3.07. The van der Waals surface area contributed by atoms with E-state index in [9.17, 15) is 9.59 Å². The molecule has 100 valence electrons. The lowest BCUT2D eigenvalue weighted by atomic mass is 10.1. The van der Waals surface area contributed by atoms with E-state index in [4.69, 9.17) is 10.5 Å². The molecule has 1 aromatic heterocycles. The van der Waals surface area contributed by atoms with Gasteiger partial charge in [-0.05, 0) is 39.3 Å². The molecule has 0 aromatic carbocycles. The van der Waals surface area contributed by atoms with E-state index >= 15 is 0 Å². The summed E-state index contributed by atoms with van der Waals surface area (Å²) in [5.41, 5.74) is 4.74. The largest absolute Gasteiger partial charge is 0.458 e. The Bertz CT molecular complexity index is 486. The molecule has 1 aromatic rings. The monoisotopic (exact) mass is 252 g/mol. The Kier molecular flexibility index (Phi) is 4.16. The molecule has 0 aliphatic heterocycles. The van der Waals surface area contributed by atoms with Crippen molar-refractivity contribution in [3.8, 4) is 0 Å². The van der Waals surface area contributed by atoms with E-state index in [-0.39, 0.29) is 11.2 Å². The van der Waals surface area contributed by atoms with Crippen LogP contribution in [-0.4, -0.2) is 16.1 Å².